The molecule has 8 heavy (non-hydrogen) atoms. The minimum atomic E-state index is -0.329. The normalized spacial score (nSPS) is 15.5. The standard InChI is InChI=1S/C4H3NO2.Pt/c6-3-1-2-4(7)5-3;/h1-2H,(H,5,6,7);. The number of nitrogens with one attached hydrogen (secondary N) is 1. The molecule has 0 saturated heterocycles. The van der Waals surface area contributed by atoms with E-state index in [9.17, 15) is 9.59 Å². The molecule has 0 saturated carbocycles. The molecule has 0 spiro atoms. The maximum Gasteiger partial charge on any atom is 0.250 e. The van der Waals surface area contributed by atoms with E-state index in [1.807, 2.05) is 5.32 Å². The molecule has 0 aromatic carbocycles. The van der Waals surface area contributed by atoms with Crippen molar-refractivity contribution < 1.29 is 30.7 Å². The van der Waals surface area contributed by atoms with Crippen molar-refractivity contribution in [2.45, 2.75) is 0 Å². The first-order valence-corrected chi connectivity index (χ1v) is 1.82. The van der Waals surface area contributed by atoms with Gasteiger partial charge in [0.05, 0.1) is 0 Å². The smallest absolute Gasteiger partial charge is 0.250 e. The number of carbonyl (C=O) groups excluding carboxylic acids is 2. The van der Waals surface area contributed by atoms with Gasteiger partial charge in [0, 0.05) is 33.2 Å². The van der Waals surface area contributed by atoms with Gasteiger partial charge in [0.25, 0.3) is 11.8 Å². The van der Waals surface area contributed by atoms with Gasteiger partial charge in [-0.25, -0.2) is 0 Å². The Morgan fingerprint density at radius 1 is 1.12 bits per heavy atom. The maximum atomic E-state index is 10.0. The number of amides is 2. The van der Waals surface area contributed by atoms with Crippen molar-refractivity contribution in [3.05, 3.63) is 12.2 Å². The van der Waals surface area contributed by atoms with Crippen molar-refractivity contribution in [1.82, 2.24) is 5.32 Å². The molecule has 4 heteroatoms. The van der Waals surface area contributed by atoms with E-state index >= 15 is 0 Å². The fourth-order valence-corrected chi connectivity index (χ4v) is 0.356. The first kappa shape index (κ1) is 7.57. The van der Waals surface area contributed by atoms with Gasteiger partial charge in [0.1, 0.15) is 0 Å². The Balaban J connectivity index is 0.000000490. The molecule has 0 unspecified atom stereocenters. The van der Waals surface area contributed by atoms with Crippen molar-refractivity contribution in [3.63, 3.8) is 0 Å². The van der Waals surface area contributed by atoms with Crippen LogP contribution in [0.2, 0.25) is 0 Å². The molecule has 0 aliphatic carbocycles. The molecular formula is C4H3NO2Pt. The minimum absolute atomic E-state index is 0. The zero-order valence-corrected chi connectivity index (χ0v) is 6.06. The van der Waals surface area contributed by atoms with E-state index in [0.29, 0.717) is 0 Å². The fraction of sp³-hybridized carbons (Fsp3) is 0. The summed E-state index contributed by atoms with van der Waals surface area (Å²) in [6.45, 7) is 0. The summed E-state index contributed by atoms with van der Waals surface area (Å²) in [4.78, 5) is 20.1. The van der Waals surface area contributed by atoms with Crippen LogP contribution in [0.15, 0.2) is 12.2 Å². The average molecular weight is 292 g/mol. The Morgan fingerprint density at radius 3 is 1.62 bits per heavy atom. The van der Waals surface area contributed by atoms with Gasteiger partial charge in [-0.3, -0.25) is 14.9 Å². The molecule has 1 N–H and O–H groups in total. The topological polar surface area (TPSA) is 46.2 Å². The van der Waals surface area contributed by atoms with Gasteiger partial charge >= 0.3 is 0 Å². The molecule has 1 aliphatic rings. The first-order chi connectivity index (χ1) is 3.29. The fourth-order valence-electron chi connectivity index (χ4n) is 0.356. The molecule has 46 valence electrons. The van der Waals surface area contributed by atoms with E-state index < -0.39 is 0 Å². The summed E-state index contributed by atoms with van der Waals surface area (Å²) in [6.07, 6.45) is 2.39. The third-order valence-corrected chi connectivity index (χ3v) is 0.632. The summed E-state index contributed by atoms with van der Waals surface area (Å²) < 4.78 is 0. The van der Waals surface area contributed by atoms with E-state index in [4.69, 9.17) is 0 Å². The van der Waals surface area contributed by atoms with Gasteiger partial charge in [-0.05, 0) is 0 Å². The molecule has 0 fully saturated rings. The molecule has 0 bridgehead atoms. The number of imide groups is 1. The molecule has 0 radical (unpaired) electrons. The second-order valence-corrected chi connectivity index (χ2v) is 1.19. The first-order valence-electron chi connectivity index (χ1n) is 1.82. The predicted octanol–water partition coefficient (Wildman–Crippen LogP) is -0.804. The number of rotatable bonds is 0. The van der Waals surface area contributed by atoms with E-state index in [2.05, 4.69) is 0 Å². The molecule has 3 nitrogen and oxygen atoms in total. The molecule has 2 amide bonds. The zero-order chi connectivity index (χ0) is 5.28. The third-order valence-electron chi connectivity index (χ3n) is 0.632. The summed E-state index contributed by atoms with van der Waals surface area (Å²) >= 11 is 0. The molecule has 0 atom stereocenters. The molecule has 1 rings (SSSR count). The number of carbonyl (C=O) groups is 2. The van der Waals surface area contributed by atoms with Crippen LogP contribution in [0, 0.1) is 0 Å². The average Bonchev–Trinajstić information content (AvgIpc) is 1.87. The van der Waals surface area contributed by atoms with Gasteiger partial charge in [-0.15, -0.1) is 0 Å². The Hall–Kier alpha value is -0.432. The van der Waals surface area contributed by atoms with Crippen LogP contribution in [-0.4, -0.2) is 11.8 Å². The largest absolute Gasteiger partial charge is 0.289 e. The van der Waals surface area contributed by atoms with Gasteiger partial charge in [0.15, 0.2) is 0 Å². The zero-order valence-electron chi connectivity index (χ0n) is 3.79. The van der Waals surface area contributed by atoms with Gasteiger partial charge < -0.3 is 0 Å². The van der Waals surface area contributed by atoms with E-state index in [1.165, 1.54) is 12.2 Å². The summed E-state index contributed by atoms with van der Waals surface area (Å²) in [7, 11) is 0. The van der Waals surface area contributed by atoms with Crippen LogP contribution in [0.3, 0.4) is 0 Å². The molecular weight excluding hydrogens is 289 g/mol. The van der Waals surface area contributed by atoms with Gasteiger partial charge in [-0.1, -0.05) is 0 Å². The van der Waals surface area contributed by atoms with Crippen molar-refractivity contribution in [2.24, 2.45) is 0 Å². The summed E-state index contributed by atoms with van der Waals surface area (Å²) in [5.74, 6) is -0.657. The van der Waals surface area contributed by atoms with E-state index in [0.717, 1.165) is 0 Å². The summed E-state index contributed by atoms with van der Waals surface area (Å²) in [5, 5.41) is 2.03. The predicted molar refractivity (Wildman–Crippen MR) is 22.3 cm³/mol. The van der Waals surface area contributed by atoms with Crippen LogP contribution in [0.4, 0.5) is 0 Å². The van der Waals surface area contributed by atoms with Crippen molar-refractivity contribution in [1.29, 1.82) is 0 Å². The second kappa shape index (κ2) is 2.77. The minimum Gasteiger partial charge on any atom is -0.289 e. The van der Waals surface area contributed by atoms with Crippen LogP contribution in [-0.2, 0) is 30.7 Å². The second-order valence-electron chi connectivity index (χ2n) is 1.19. The molecule has 1 heterocycles. The third kappa shape index (κ3) is 1.58. The Morgan fingerprint density at radius 2 is 1.50 bits per heavy atom. The monoisotopic (exact) mass is 292 g/mol. The van der Waals surface area contributed by atoms with Crippen LogP contribution < -0.4 is 5.32 Å². The molecule has 0 aromatic rings. The van der Waals surface area contributed by atoms with Gasteiger partial charge in [-0.2, -0.15) is 0 Å². The maximum absolute atomic E-state index is 10.0. The Bertz CT molecular complexity index is 136. The van der Waals surface area contributed by atoms with Crippen LogP contribution in [0.5, 0.6) is 0 Å². The molecule has 0 aromatic heterocycles. The van der Waals surface area contributed by atoms with Crippen LogP contribution in [0.1, 0.15) is 0 Å². The summed E-state index contributed by atoms with van der Waals surface area (Å²) in [5.41, 5.74) is 0. The van der Waals surface area contributed by atoms with Crippen molar-refractivity contribution >= 4 is 11.8 Å². The Labute approximate surface area is 60.4 Å². The molecule has 1 aliphatic heterocycles. The van der Waals surface area contributed by atoms with E-state index in [-0.39, 0.29) is 32.9 Å². The SMILES string of the molecule is O=C1C=CC(=O)N1.[Pt]. The van der Waals surface area contributed by atoms with Crippen molar-refractivity contribution in [3.8, 4) is 0 Å². The number of hydrogen-bond donors (Lipinski definition) is 1. The Kier molecular flexibility index (Phi) is 2.62. The van der Waals surface area contributed by atoms with E-state index in [1.54, 1.807) is 0 Å². The van der Waals surface area contributed by atoms with Crippen LogP contribution >= 0.6 is 0 Å². The summed E-state index contributed by atoms with van der Waals surface area (Å²) in [6, 6.07) is 0. The van der Waals surface area contributed by atoms with Crippen LogP contribution in [0.25, 0.3) is 0 Å². The number of hydrogen-bond acceptors (Lipinski definition) is 2. The van der Waals surface area contributed by atoms with Crippen molar-refractivity contribution in [2.75, 3.05) is 0 Å². The van der Waals surface area contributed by atoms with Gasteiger partial charge in [0.2, 0.25) is 0 Å². The quantitative estimate of drug-likeness (QED) is 0.594.